The van der Waals surface area contributed by atoms with E-state index >= 15 is 0 Å². The number of hydrogen-bond acceptors (Lipinski definition) is 2. The Balaban J connectivity index is 2.00. The second kappa shape index (κ2) is 3.43. The maximum Gasteiger partial charge on any atom is 0.136 e. The van der Waals surface area contributed by atoms with Crippen molar-refractivity contribution in [2.45, 2.75) is 0 Å². The van der Waals surface area contributed by atoms with E-state index in [1.807, 2.05) is 47.1 Å². The number of aromatic amines is 1. The summed E-state index contributed by atoms with van der Waals surface area (Å²) < 4.78 is 2.00. The van der Waals surface area contributed by atoms with E-state index in [1.54, 1.807) is 6.20 Å². The standard InChI is InChI=1S/C14H10N4/c1-2-4-12-11(3-1)14(17-16-12)10-5-6-13-15-7-8-18(13)9-10/h1-9H,(H,16,17). The molecule has 4 nitrogen and oxygen atoms in total. The topological polar surface area (TPSA) is 46.0 Å². The minimum atomic E-state index is 0.943. The van der Waals surface area contributed by atoms with E-state index in [0.29, 0.717) is 0 Å². The van der Waals surface area contributed by atoms with Gasteiger partial charge in [0.25, 0.3) is 0 Å². The number of hydrogen-bond donors (Lipinski definition) is 1. The Bertz CT molecular complexity index is 841. The fourth-order valence-corrected chi connectivity index (χ4v) is 2.24. The summed E-state index contributed by atoms with van der Waals surface area (Å²) in [6, 6.07) is 12.2. The van der Waals surface area contributed by atoms with Gasteiger partial charge in [-0.15, -0.1) is 0 Å². The fourth-order valence-electron chi connectivity index (χ4n) is 2.24. The van der Waals surface area contributed by atoms with Gasteiger partial charge in [-0.3, -0.25) is 5.10 Å². The second-order valence-electron chi connectivity index (χ2n) is 4.23. The van der Waals surface area contributed by atoms with Gasteiger partial charge in [0.15, 0.2) is 0 Å². The van der Waals surface area contributed by atoms with Crippen molar-refractivity contribution in [3.8, 4) is 11.3 Å². The lowest BCUT2D eigenvalue weighted by molar-refractivity contribution is 1.11. The van der Waals surface area contributed by atoms with Gasteiger partial charge in [0.2, 0.25) is 0 Å². The monoisotopic (exact) mass is 234 g/mol. The number of pyridine rings is 1. The molecule has 0 bridgehead atoms. The summed E-state index contributed by atoms with van der Waals surface area (Å²) in [4.78, 5) is 4.24. The van der Waals surface area contributed by atoms with Crippen LogP contribution in [0.3, 0.4) is 0 Å². The van der Waals surface area contributed by atoms with Crippen LogP contribution >= 0.6 is 0 Å². The number of imidazole rings is 1. The van der Waals surface area contributed by atoms with Crippen molar-refractivity contribution in [2.24, 2.45) is 0 Å². The number of rotatable bonds is 1. The van der Waals surface area contributed by atoms with E-state index < -0.39 is 0 Å². The lowest BCUT2D eigenvalue weighted by Gasteiger charge is -1.99. The Labute approximate surface area is 103 Å². The van der Waals surface area contributed by atoms with Crippen LogP contribution in [0, 0.1) is 0 Å². The molecular formula is C14H10N4. The van der Waals surface area contributed by atoms with Gasteiger partial charge in [0.05, 0.1) is 5.52 Å². The molecule has 0 fully saturated rings. The molecule has 3 heterocycles. The Morgan fingerprint density at radius 3 is 3.00 bits per heavy atom. The molecule has 18 heavy (non-hydrogen) atoms. The molecular weight excluding hydrogens is 224 g/mol. The van der Waals surface area contributed by atoms with E-state index in [0.717, 1.165) is 27.8 Å². The summed E-state index contributed by atoms with van der Waals surface area (Å²) in [6.45, 7) is 0. The number of aromatic nitrogens is 4. The maximum absolute atomic E-state index is 4.40. The van der Waals surface area contributed by atoms with Crippen molar-refractivity contribution in [2.75, 3.05) is 0 Å². The van der Waals surface area contributed by atoms with Gasteiger partial charge in [0.1, 0.15) is 11.3 Å². The average molecular weight is 234 g/mol. The van der Waals surface area contributed by atoms with Crippen molar-refractivity contribution < 1.29 is 0 Å². The quantitative estimate of drug-likeness (QED) is 0.550. The highest BCUT2D eigenvalue weighted by molar-refractivity contribution is 5.92. The molecule has 0 amide bonds. The molecule has 0 aliphatic rings. The van der Waals surface area contributed by atoms with Gasteiger partial charge in [-0.1, -0.05) is 18.2 Å². The molecule has 4 aromatic rings. The van der Waals surface area contributed by atoms with Crippen molar-refractivity contribution in [3.63, 3.8) is 0 Å². The highest BCUT2D eigenvalue weighted by Crippen LogP contribution is 2.25. The van der Waals surface area contributed by atoms with Gasteiger partial charge >= 0.3 is 0 Å². The van der Waals surface area contributed by atoms with Crippen LogP contribution in [0.5, 0.6) is 0 Å². The largest absolute Gasteiger partial charge is 0.306 e. The summed E-state index contributed by atoms with van der Waals surface area (Å²) in [5.74, 6) is 0. The van der Waals surface area contributed by atoms with Gasteiger partial charge in [-0.05, 0) is 18.2 Å². The molecule has 0 spiro atoms. The van der Waals surface area contributed by atoms with Crippen LogP contribution in [-0.4, -0.2) is 19.6 Å². The average Bonchev–Trinajstić information content (AvgIpc) is 3.04. The molecule has 1 N–H and O–H groups in total. The predicted octanol–water partition coefficient (Wildman–Crippen LogP) is 2.88. The predicted molar refractivity (Wildman–Crippen MR) is 70.3 cm³/mol. The summed E-state index contributed by atoms with van der Waals surface area (Å²) in [6.07, 6.45) is 5.78. The fraction of sp³-hybridized carbons (Fsp3) is 0. The first-order valence-corrected chi connectivity index (χ1v) is 5.78. The first kappa shape index (κ1) is 9.41. The number of fused-ring (bicyclic) bond motifs is 2. The van der Waals surface area contributed by atoms with Crippen LogP contribution in [0.4, 0.5) is 0 Å². The first-order chi connectivity index (χ1) is 8.92. The number of H-pyrrole nitrogens is 1. The van der Waals surface area contributed by atoms with E-state index in [1.165, 1.54) is 0 Å². The SMILES string of the molecule is c1ccc2c(-c3ccc4nccn4c3)n[nH]c2c1. The van der Waals surface area contributed by atoms with E-state index in [4.69, 9.17) is 0 Å². The number of nitrogens with zero attached hydrogens (tertiary/aromatic N) is 3. The van der Waals surface area contributed by atoms with Crippen LogP contribution in [-0.2, 0) is 0 Å². The number of para-hydroxylation sites is 1. The highest BCUT2D eigenvalue weighted by Gasteiger charge is 2.08. The molecule has 4 rings (SSSR count). The molecule has 0 saturated heterocycles. The minimum Gasteiger partial charge on any atom is -0.306 e. The summed E-state index contributed by atoms with van der Waals surface area (Å²) in [5, 5.41) is 8.59. The zero-order valence-corrected chi connectivity index (χ0v) is 9.54. The van der Waals surface area contributed by atoms with E-state index in [9.17, 15) is 0 Å². The molecule has 0 aliphatic heterocycles. The molecule has 0 radical (unpaired) electrons. The molecule has 0 unspecified atom stereocenters. The van der Waals surface area contributed by atoms with Crippen LogP contribution < -0.4 is 0 Å². The molecule has 0 saturated carbocycles. The highest BCUT2D eigenvalue weighted by atomic mass is 15.1. The van der Waals surface area contributed by atoms with Gasteiger partial charge in [0, 0.05) is 29.5 Å². The third-order valence-corrected chi connectivity index (χ3v) is 3.13. The van der Waals surface area contributed by atoms with E-state index in [2.05, 4.69) is 21.2 Å². The Hall–Kier alpha value is -2.62. The van der Waals surface area contributed by atoms with Gasteiger partial charge < -0.3 is 4.40 Å². The van der Waals surface area contributed by atoms with Gasteiger partial charge in [-0.2, -0.15) is 5.10 Å². The zero-order valence-electron chi connectivity index (χ0n) is 9.54. The lowest BCUT2D eigenvalue weighted by Crippen LogP contribution is -1.86. The van der Waals surface area contributed by atoms with Crippen molar-refractivity contribution in [1.29, 1.82) is 0 Å². The Morgan fingerprint density at radius 2 is 2.00 bits per heavy atom. The third-order valence-electron chi connectivity index (χ3n) is 3.13. The normalized spacial score (nSPS) is 11.3. The Kier molecular flexibility index (Phi) is 1.80. The van der Waals surface area contributed by atoms with Crippen molar-refractivity contribution >= 4 is 16.6 Å². The first-order valence-electron chi connectivity index (χ1n) is 5.78. The van der Waals surface area contributed by atoms with Gasteiger partial charge in [-0.25, -0.2) is 4.98 Å². The van der Waals surface area contributed by atoms with Crippen LogP contribution in [0.2, 0.25) is 0 Å². The maximum atomic E-state index is 4.40. The second-order valence-corrected chi connectivity index (χ2v) is 4.23. The zero-order chi connectivity index (χ0) is 11.9. The summed E-state index contributed by atoms with van der Waals surface area (Å²) >= 11 is 0. The Morgan fingerprint density at radius 1 is 1.06 bits per heavy atom. The molecule has 4 heteroatoms. The van der Waals surface area contributed by atoms with Crippen LogP contribution in [0.25, 0.3) is 27.8 Å². The smallest absolute Gasteiger partial charge is 0.136 e. The summed E-state index contributed by atoms with van der Waals surface area (Å²) in [5.41, 5.74) is 4.05. The minimum absolute atomic E-state index is 0.943. The van der Waals surface area contributed by atoms with Crippen molar-refractivity contribution in [1.82, 2.24) is 19.6 Å². The molecule has 0 aliphatic carbocycles. The molecule has 0 atom stereocenters. The van der Waals surface area contributed by atoms with E-state index in [-0.39, 0.29) is 0 Å². The number of nitrogens with one attached hydrogen (secondary N) is 1. The number of benzene rings is 1. The third kappa shape index (κ3) is 1.26. The molecule has 3 aromatic heterocycles. The van der Waals surface area contributed by atoms with Crippen LogP contribution in [0.1, 0.15) is 0 Å². The molecule has 1 aromatic carbocycles. The summed E-state index contributed by atoms with van der Waals surface area (Å²) in [7, 11) is 0. The molecule has 86 valence electrons. The van der Waals surface area contributed by atoms with Crippen molar-refractivity contribution in [3.05, 3.63) is 55.0 Å². The lowest BCUT2D eigenvalue weighted by atomic mass is 10.1. The van der Waals surface area contributed by atoms with Crippen LogP contribution in [0.15, 0.2) is 55.0 Å².